The van der Waals surface area contributed by atoms with Crippen LogP contribution in [0, 0.1) is 11.6 Å². The van der Waals surface area contributed by atoms with Crippen molar-refractivity contribution in [2.45, 2.75) is 6.18 Å². The van der Waals surface area contributed by atoms with Crippen molar-refractivity contribution in [3.05, 3.63) is 58.6 Å². The van der Waals surface area contributed by atoms with Crippen LogP contribution in [0.4, 0.5) is 33.3 Å². The monoisotopic (exact) mass is 352 g/mol. The molecule has 0 unspecified atom stereocenters. The lowest BCUT2D eigenvalue weighted by Crippen LogP contribution is -2.08. The summed E-state index contributed by atoms with van der Waals surface area (Å²) in [6.45, 7) is 0. The third-order valence-corrected chi connectivity index (χ3v) is 3.08. The van der Waals surface area contributed by atoms with Gasteiger partial charge in [0, 0.05) is 20.2 Å². The molecule has 0 aromatic heterocycles. The fourth-order valence-electron chi connectivity index (χ4n) is 1.71. The Kier molecular flexibility index (Phi) is 6.62. The summed E-state index contributed by atoms with van der Waals surface area (Å²) in [7, 11) is 2.98. The first-order valence-corrected chi connectivity index (χ1v) is 6.74. The molecule has 8 heteroatoms. The highest BCUT2D eigenvalue weighted by Crippen LogP contribution is 2.37. The van der Waals surface area contributed by atoms with Crippen molar-refractivity contribution in [3.63, 3.8) is 0 Å². The molecule has 0 aliphatic carbocycles. The SMILES string of the molecule is CNc1c(Cl)cccc1C(F)(F)F.CNc1ccc(F)cc1F. The molecule has 0 aliphatic heterocycles. The minimum atomic E-state index is -4.37. The summed E-state index contributed by atoms with van der Waals surface area (Å²) < 4.78 is 61.7. The lowest BCUT2D eigenvalue weighted by Gasteiger charge is -2.13. The van der Waals surface area contributed by atoms with Gasteiger partial charge in [0.25, 0.3) is 0 Å². The molecular formula is C15H14ClF5N2. The Balaban J connectivity index is 0.000000238. The van der Waals surface area contributed by atoms with Gasteiger partial charge in [0.15, 0.2) is 0 Å². The summed E-state index contributed by atoms with van der Waals surface area (Å²) in [6, 6.07) is 7.05. The van der Waals surface area contributed by atoms with Gasteiger partial charge in [-0.15, -0.1) is 0 Å². The highest BCUT2D eigenvalue weighted by molar-refractivity contribution is 6.33. The fraction of sp³-hybridized carbons (Fsp3) is 0.200. The molecule has 2 nitrogen and oxygen atoms in total. The van der Waals surface area contributed by atoms with Crippen molar-refractivity contribution < 1.29 is 22.0 Å². The van der Waals surface area contributed by atoms with Crippen LogP contribution in [0.2, 0.25) is 5.02 Å². The van der Waals surface area contributed by atoms with E-state index in [0.717, 1.165) is 12.1 Å². The summed E-state index contributed by atoms with van der Waals surface area (Å²) in [5.41, 5.74) is -0.527. The molecule has 0 saturated carbocycles. The zero-order valence-electron chi connectivity index (χ0n) is 12.2. The normalized spacial score (nSPS) is 10.6. The molecule has 0 heterocycles. The summed E-state index contributed by atoms with van der Waals surface area (Å²) in [6.07, 6.45) is -4.37. The molecule has 0 saturated heterocycles. The van der Waals surface area contributed by atoms with E-state index in [2.05, 4.69) is 10.6 Å². The Labute approximate surface area is 135 Å². The van der Waals surface area contributed by atoms with Gasteiger partial charge in [-0.05, 0) is 24.3 Å². The van der Waals surface area contributed by atoms with Crippen LogP contribution in [-0.4, -0.2) is 14.1 Å². The van der Waals surface area contributed by atoms with Crippen molar-refractivity contribution in [3.8, 4) is 0 Å². The summed E-state index contributed by atoms with van der Waals surface area (Å²) in [4.78, 5) is 0. The van der Waals surface area contributed by atoms with E-state index in [1.54, 1.807) is 7.05 Å². The maximum absolute atomic E-state index is 12.5. The standard InChI is InChI=1S/C8H7ClF3N.C7H7F2N/c1-13-7-5(8(10,11)12)3-2-4-6(7)9;1-10-7-3-2-5(8)4-6(7)9/h2-4,13H,1H3;2-4,10H,1H3. The van der Waals surface area contributed by atoms with Gasteiger partial charge >= 0.3 is 6.18 Å². The molecule has 0 bridgehead atoms. The van der Waals surface area contributed by atoms with Gasteiger partial charge in [-0.25, -0.2) is 8.78 Å². The first-order valence-electron chi connectivity index (χ1n) is 6.37. The summed E-state index contributed by atoms with van der Waals surface area (Å²) in [5, 5.41) is 5.07. The highest BCUT2D eigenvalue weighted by Gasteiger charge is 2.33. The molecule has 0 amide bonds. The molecule has 126 valence electrons. The zero-order valence-corrected chi connectivity index (χ0v) is 13.0. The van der Waals surface area contributed by atoms with E-state index < -0.39 is 23.4 Å². The Morgan fingerprint density at radius 1 is 0.957 bits per heavy atom. The summed E-state index contributed by atoms with van der Waals surface area (Å²) in [5.74, 6) is -1.13. The van der Waals surface area contributed by atoms with Crippen LogP contribution in [0.15, 0.2) is 36.4 Å². The Morgan fingerprint density at radius 3 is 2.04 bits per heavy atom. The van der Waals surface area contributed by atoms with Gasteiger partial charge in [-0.3, -0.25) is 0 Å². The second kappa shape index (κ2) is 8.01. The predicted octanol–water partition coefficient (Wildman–Crippen LogP) is 5.41. The maximum atomic E-state index is 12.5. The van der Waals surface area contributed by atoms with Crippen LogP contribution >= 0.6 is 11.6 Å². The minimum absolute atomic E-state index is 0.0670. The molecule has 0 spiro atoms. The number of anilines is 2. The molecule has 23 heavy (non-hydrogen) atoms. The van der Waals surface area contributed by atoms with E-state index in [9.17, 15) is 22.0 Å². The largest absolute Gasteiger partial charge is 0.418 e. The smallest absolute Gasteiger partial charge is 0.386 e. The maximum Gasteiger partial charge on any atom is 0.418 e. The Morgan fingerprint density at radius 2 is 1.61 bits per heavy atom. The lowest BCUT2D eigenvalue weighted by atomic mass is 10.1. The fourth-order valence-corrected chi connectivity index (χ4v) is 1.98. The predicted molar refractivity (Wildman–Crippen MR) is 81.9 cm³/mol. The third-order valence-electron chi connectivity index (χ3n) is 2.77. The van der Waals surface area contributed by atoms with Crippen LogP contribution in [0.1, 0.15) is 5.56 Å². The van der Waals surface area contributed by atoms with Gasteiger partial charge in [0.05, 0.1) is 22.0 Å². The third kappa shape index (κ3) is 5.28. The topological polar surface area (TPSA) is 24.1 Å². The van der Waals surface area contributed by atoms with Crippen molar-refractivity contribution in [2.24, 2.45) is 0 Å². The number of alkyl halides is 3. The van der Waals surface area contributed by atoms with E-state index >= 15 is 0 Å². The Bertz CT molecular complexity index is 659. The quantitative estimate of drug-likeness (QED) is 0.706. The van der Waals surface area contributed by atoms with E-state index in [1.807, 2.05) is 0 Å². The number of nitrogens with one attached hydrogen (secondary N) is 2. The van der Waals surface area contributed by atoms with Crippen molar-refractivity contribution in [2.75, 3.05) is 24.7 Å². The number of para-hydroxylation sites is 1. The number of hydrogen-bond acceptors (Lipinski definition) is 2. The average Bonchev–Trinajstić information content (AvgIpc) is 2.47. The molecular weight excluding hydrogens is 339 g/mol. The van der Waals surface area contributed by atoms with Crippen LogP contribution in [-0.2, 0) is 6.18 Å². The van der Waals surface area contributed by atoms with Gasteiger partial charge in [0.1, 0.15) is 11.6 Å². The van der Waals surface area contributed by atoms with Gasteiger partial charge < -0.3 is 10.6 Å². The molecule has 2 aromatic carbocycles. The second-order valence-corrected chi connectivity index (χ2v) is 4.69. The first-order chi connectivity index (χ1) is 10.7. The molecule has 0 fully saturated rings. The number of halogens is 6. The van der Waals surface area contributed by atoms with E-state index in [0.29, 0.717) is 5.69 Å². The van der Waals surface area contributed by atoms with E-state index in [-0.39, 0.29) is 10.7 Å². The van der Waals surface area contributed by atoms with E-state index in [1.165, 1.54) is 31.3 Å². The highest BCUT2D eigenvalue weighted by atomic mass is 35.5. The second-order valence-electron chi connectivity index (χ2n) is 4.28. The number of hydrogen-bond donors (Lipinski definition) is 2. The van der Waals surface area contributed by atoms with Crippen LogP contribution < -0.4 is 10.6 Å². The lowest BCUT2D eigenvalue weighted by molar-refractivity contribution is -0.136. The van der Waals surface area contributed by atoms with Crippen molar-refractivity contribution in [1.82, 2.24) is 0 Å². The first kappa shape index (κ1) is 19.0. The Hall–Kier alpha value is -2.02. The zero-order chi connectivity index (χ0) is 17.6. The van der Waals surface area contributed by atoms with Gasteiger partial charge in [0.2, 0.25) is 0 Å². The van der Waals surface area contributed by atoms with E-state index in [4.69, 9.17) is 11.6 Å². The molecule has 2 N–H and O–H groups in total. The van der Waals surface area contributed by atoms with Crippen LogP contribution in [0.3, 0.4) is 0 Å². The number of benzene rings is 2. The van der Waals surface area contributed by atoms with Crippen molar-refractivity contribution in [1.29, 1.82) is 0 Å². The number of rotatable bonds is 2. The molecule has 0 atom stereocenters. The van der Waals surface area contributed by atoms with Crippen LogP contribution in [0.25, 0.3) is 0 Å². The van der Waals surface area contributed by atoms with Crippen LogP contribution in [0.5, 0.6) is 0 Å². The van der Waals surface area contributed by atoms with Gasteiger partial charge in [-0.1, -0.05) is 17.7 Å². The molecule has 0 radical (unpaired) electrons. The van der Waals surface area contributed by atoms with Crippen molar-refractivity contribution >= 4 is 23.0 Å². The molecule has 0 aliphatic rings. The minimum Gasteiger partial charge on any atom is -0.386 e. The van der Waals surface area contributed by atoms with Gasteiger partial charge in [-0.2, -0.15) is 13.2 Å². The molecule has 2 rings (SSSR count). The average molecular weight is 353 g/mol. The summed E-state index contributed by atoms with van der Waals surface area (Å²) >= 11 is 5.57. The molecule has 2 aromatic rings.